The van der Waals surface area contributed by atoms with Gasteiger partial charge in [-0.1, -0.05) is 0 Å². The Morgan fingerprint density at radius 2 is 1.67 bits per heavy atom. The van der Waals surface area contributed by atoms with Gasteiger partial charge in [0.2, 0.25) is 11.8 Å². The molecule has 4 aliphatic rings. The van der Waals surface area contributed by atoms with Crippen molar-refractivity contribution in [2.75, 3.05) is 25.7 Å². The molecule has 27 heavy (non-hydrogen) atoms. The molecule has 1 atom stereocenters. The van der Waals surface area contributed by atoms with Gasteiger partial charge in [0, 0.05) is 6.42 Å². The van der Waals surface area contributed by atoms with E-state index >= 15 is 0 Å². The molecule has 2 amide bonds. The normalized spacial score (nSPS) is 32.0. The first-order chi connectivity index (χ1) is 12.9. The number of methoxy groups -OCH3 is 1. The number of ether oxygens (including phenoxy) is 1. The molecule has 0 aromatic heterocycles. The van der Waals surface area contributed by atoms with Crippen molar-refractivity contribution in [3.8, 4) is 0 Å². The molecule has 4 saturated carbocycles. The van der Waals surface area contributed by atoms with Crippen molar-refractivity contribution < 1.29 is 19.1 Å². The van der Waals surface area contributed by atoms with Crippen LogP contribution in [0.4, 0.5) is 0 Å². The molecule has 0 heterocycles. The van der Waals surface area contributed by atoms with E-state index in [1.165, 1.54) is 45.6 Å². The Bertz CT molecular complexity index is 545. The van der Waals surface area contributed by atoms with Gasteiger partial charge in [0.25, 0.3) is 0 Å². The molecule has 4 aliphatic carbocycles. The number of hydrogen-bond acceptors (Lipinski definition) is 5. The summed E-state index contributed by atoms with van der Waals surface area (Å²) in [5.41, 5.74) is 0.169. The summed E-state index contributed by atoms with van der Waals surface area (Å²) in [5.74, 6) is 2.35. The third-order valence-corrected chi connectivity index (χ3v) is 7.22. The molecular weight excluding hydrogens is 364 g/mol. The van der Waals surface area contributed by atoms with Gasteiger partial charge in [-0.05, 0) is 80.1 Å². The molecule has 0 aliphatic heterocycles. The molecular formula is C20H32N2O4S. The smallest absolute Gasteiger partial charge is 0.328 e. The summed E-state index contributed by atoms with van der Waals surface area (Å²) in [4.78, 5) is 36.4. The van der Waals surface area contributed by atoms with Crippen LogP contribution in [0.25, 0.3) is 0 Å². The molecule has 0 radical (unpaired) electrons. The Hall–Kier alpha value is -1.24. The van der Waals surface area contributed by atoms with Crippen molar-refractivity contribution in [1.82, 2.24) is 10.6 Å². The number of carbonyl (C=O) groups is 3. The van der Waals surface area contributed by atoms with Crippen molar-refractivity contribution >= 4 is 29.5 Å². The fourth-order valence-corrected chi connectivity index (χ4v) is 6.43. The maximum atomic E-state index is 12.5. The van der Waals surface area contributed by atoms with Crippen molar-refractivity contribution in [1.29, 1.82) is 0 Å². The molecule has 6 nitrogen and oxygen atoms in total. The Labute approximate surface area is 165 Å². The second kappa shape index (κ2) is 8.84. The minimum absolute atomic E-state index is 0.0363. The Kier molecular flexibility index (Phi) is 6.71. The minimum atomic E-state index is -0.657. The lowest BCUT2D eigenvalue weighted by molar-refractivity contribution is -0.145. The molecule has 2 N–H and O–H groups in total. The Balaban J connectivity index is 1.44. The second-order valence-electron chi connectivity index (χ2n) is 8.80. The highest BCUT2D eigenvalue weighted by atomic mass is 32.2. The maximum Gasteiger partial charge on any atom is 0.328 e. The number of thioether (sulfide) groups is 1. The lowest BCUT2D eigenvalue weighted by Crippen LogP contribution is -2.49. The van der Waals surface area contributed by atoms with Gasteiger partial charge in [-0.15, -0.1) is 0 Å². The molecule has 0 aromatic rings. The minimum Gasteiger partial charge on any atom is -0.467 e. The van der Waals surface area contributed by atoms with Crippen LogP contribution in [0.5, 0.6) is 0 Å². The van der Waals surface area contributed by atoms with E-state index in [2.05, 4.69) is 10.6 Å². The van der Waals surface area contributed by atoms with E-state index in [4.69, 9.17) is 4.74 Å². The molecule has 0 spiro atoms. The SMILES string of the molecule is COC(=O)[C@@H](CCSC)NC(=O)CNC(=O)CC12CC3CC(CC(C3)C1)C2. The van der Waals surface area contributed by atoms with Gasteiger partial charge in [-0.25, -0.2) is 4.79 Å². The molecule has 0 unspecified atom stereocenters. The Morgan fingerprint density at radius 1 is 1.07 bits per heavy atom. The van der Waals surface area contributed by atoms with E-state index in [1.807, 2.05) is 6.26 Å². The van der Waals surface area contributed by atoms with E-state index in [0.29, 0.717) is 12.8 Å². The molecule has 4 bridgehead atoms. The first-order valence-corrected chi connectivity index (χ1v) is 11.5. The third-order valence-electron chi connectivity index (χ3n) is 6.58. The lowest BCUT2D eigenvalue weighted by Gasteiger charge is -2.56. The number of carbonyl (C=O) groups excluding carboxylic acids is 3. The summed E-state index contributed by atoms with van der Waals surface area (Å²) in [7, 11) is 1.31. The number of rotatable bonds is 9. The van der Waals surface area contributed by atoms with Gasteiger partial charge in [0.05, 0.1) is 13.7 Å². The molecule has 152 valence electrons. The first-order valence-electron chi connectivity index (χ1n) is 10.1. The molecule has 4 rings (SSSR count). The Morgan fingerprint density at radius 3 is 2.19 bits per heavy atom. The summed E-state index contributed by atoms with van der Waals surface area (Å²) < 4.78 is 4.74. The zero-order valence-electron chi connectivity index (χ0n) is 16.4. The monoisotopic (exact) mass is 396 g/mol. The van der Waals surface area contributed by atoms with Crippen LogP contribution in [0.2, 0.25) is 0 Å². The fourth-order valence-electron chi connectivity index (χ4n) is 5.96. The van der Waals surface area contributed by atoms with Crippen molar-refractivity contribution in [3.05, 3.63) is 0 Å². The van der Waals surface area contributed by atoms with Crippen molar-refractivity contribution in [2.24, 2.45) is 23.2 Å². The van der Waals surface area contributed by atoms with Gasteiger partial charge in [0.1, 0.15) is 6.04 Å². The van der Waals surface area contributed by atoms with E-state index in [-0.39, 0.29) is 23.8 Å². The van der Waals surface area contributed by atoms with Gasteiger partial charge in [-0.2, -0.15) is 11.8 Å². The predicted molar refractivity (Wildman–Crippen MR) is 105 cm³/mol. The number of hydrogen-bond donors (Lipinski definition) is 2. The maximum absolute atomic E-state index is 12.5. The number of amides is 2. The third kappa shape index (κ3) is 5.18. The van der Waals surface area contributed by atoms with Crippen LogP contribution in [-0.4, -0.2) is 49.5 Å². The zero-order chi connectivity index (χ0) is 19.4. The van der Waals surface area contributed by atoms with Crippen LogP contribution in [0.1, 0.15) is 51.4 Å². The summed E-state index contributed by atoms with van der Waals surface area (Å²) in [6.07, 6.45) is 10.6. The highest BCUT2D eigenvalue weighted by Gasteiger charge is 2.51. The van der Waals surface area contributed by atoms with Gasteiger partial charge >= 0.3 is 5.97 Å². The zero-order valence-corrected chi connectivity index (χ0v) is 17.2. The van der Waals surface area contributed by atoms with Crippen molar-refractivity contribution in [3.63, 3.8) is 0 Å². The first kappa shape index (κ1) is 20.5. The van der Waals surface area contributed by atoms with E-state index in [0.717, 1.165) is 23.5 Å². The van der Waals surface area contributed by atoms with Crippen LogP contribution in [0.3, 0.4) is 0 Å². The van der Waals surface area contributed by atoms with Gasteiger partial charge < -0.3 is 15.4 Å². The lowest BCUT2D eigenvalue weighted by atomic mass is 9.49. The van der Waals surface area contributed by atoms with E-state index in [9.17, 15) is 14.4 Å². The van der Waals surface area contributed by atoms with Gasteiger partial charge in [0.15, 0.2) is 0 Å². The summed E-state index contributed by atoms with van der Waals surface area (Å²) >= 11 is 1.61. The number of esters is 1. The second-order valence-corrected chi connectivity index (χ2v) is 9.78. The van der Waals surface area contributed by atoms with Crippen LogP contribution >= 0.6 is 11.8 Å². The summed E-state index contributed by atoms with van der Waals surface area (Å²) in [6, 6.07) is -0.657. The van der Waals surface area contributed by atoms with Crippen LogP contribution in [-0.2, 0) is 19.1 Å². The van der Waals surface area contributed by atoms with Crippen LogP contribution in [0, 0.1) is 23.2 Å². The molecule has 0 saturated heterocycles. The highest BCUT2D eigenvalue weighted by Crippen LogP contribution is 2.61. The predicted octanol–water partition coefficient (Wildman–Crippen LogP) is 2.12. The topological polar surface area (TPSA) is 84.5 Å². The van der Waals surface area contributed by atoms with Crippen molar-refractivity contribution in [2.45, 2.75) is 57.4 Å². The van der Waals surface area contributed by atoms with Crippen LogP contribution in [0.15, 0.2) is 0 Å². The standard InChI is InChI=1S/C20H32N2O4S/c1-26-19(25)16(3-4-27-2)22-18(24)12-21-17(23)11-20-8-13-5-14(9-20)7-15(6-13)10-20/h13-16H,3-12H2,1-2H3,(H,21,23)(H,22,24)/t13?,14?,15?,16-,20?/m1/s1. The fraction of sp³-hybridized carbons (Fsp3) is 0.850. The van der Waals surface area contributed by atoms with E-state index in [1.54, 1.807) is 11.8 Å². The quantitative estimate of drug-likeness (QED) is 0.583. The largest absolute Gasteiger partial charge is 0.467 e. The summed E-state index contributed by atoms with van der Waals surface area (Å²) in [5, 5.41) is 5.44. The average molecular weight is 397 g/mol. The van der Waals surface area contributed by atoms with Crippen LogP contribution < -0.4 is 10.6 Å². The molecule has 4 fully saturated rings. The summed E-state index contributed by atoms with van der Waals surface area (Å²) in [6.45, 7) is -0.0854. The molecule has 0 aromatic carbocycles. The average Bonchev–Trinajstić information content (AvgIpc) is 2.61. The van der Waals surface area contributed by atoms with Gasteiger partial charge in [-0.3, -0.25) is 9.59 Å². The molecule has 7 heteroatoms. The van der Waals surface area contributed by atoms with E-state index < -0.39 is 12.0 Å². The number of nitrogens with one attached hydrogen (secondary N) is 2. The highest BCUT2D eigenvalue weighted by molar-refractivity contribution is 7.98.